The molecule has 0 bridgehead atoms. The summed E-state index contributed by atoms with van der Waals surface area (Å²) in [4.78, 5) is 26.1. The number of halogens is 1. The van der Waals surface area contributed by atoms with Gasteiger partial charge in [-0.25, -0.2) is 4.79 Å². The Kier molecular flexibility index (Phi) is 12.7. The Bertz CT molecular complexity index is 1120. The van der Waals surface area contributed by atoms with Gasteiger partial charge in [-0.15, -0.1) is 11.6 Å². The molecule has 0 amide bonds. The highest BCUT2D eigenvalue weighted by Crippen LogP contribution is 2.40. The Morgan fingerprint density at radius 2 is 1.43 bits per heavy atom. The third-order valence-corrected chi connectivity index (χ3v) is 8.95. The number of carbonyl (C=O) groups excluding carboxylic acids is 2. The fourth-order valence-electron chi connectivity index (χ4n) is 6.32. The first kappa shape index (κ1) is 32.5. The maximum absolute atomic E-state index is 13.1. The van der Waals surface area contributed by atoms with E-state index in [1.807, 2.05) is 42.5 Å². The lowest BCUT2D eigenvalue weighted by molar-refractivity contribution is -0.170. The summed E-state index contributed by atoms with van der Waals surface area (Å²) in [5.74, 6) is 0.160. The standard InChI is InChI=1S/C34H47ClN2O5/c1-2-27(25-40-26-32(39)42-33(16-21-36-22-17-33)28-11-5-3-6-12-28)29-13-8-9-14-30(29)34(18-23-37-24-19-34)41-31(38)15-7-4-10-20-35/h3,5-6,8-9,11-14,27,36-37H,2,4,7,10,15-26H2,1H3. The predicted octanol–water partition coefficient (Wildman–Crippen LogP) is 5.94. The summed E-state index contributed by atoms with van der Waals surface area (Å²) >= 11 is 5.80. The van der Waals surface area contributed by atoms with Crippen molar-refractivity contribution in [2.45, 2.75) is 81.8 Å². The lowest BCUT2D eigenvalue weighted by Gasteiger charge is -2.40. The number of piperidine rings is 2. The molecular weight excluding hydrogens is 552 g/mol. The zero-order valence-corrected chi connectivity index (χ0v) is 25.8. The molecule has 2 heterocycles. The highest BCUT2D eigenvalue weighted by Gasteiger charge is 2.40. The van der Waals surface area contributed by atoms with E-state index in [4.69, 9.17) is 25.8 Å². The van der Waals surface area contributed by atoms with Crippen molar-refractivity contribution in [2.24, 2.45) is 0 Å². The van der Waals surface area contributed by atoms with Crippen LogP contribution in [0.2, 0.25) is 0 Å². The largest absolute Gasteiger partial charge is 0.454 e. The van der Waals surface area contributed by atoms with E-state index in [9.17, 15) is 9.59 Å². The summed E-state index contributed by atoms with van der Waals surface area (Å²) in [6.45, 7) is 5.56. The molecule has 2 aromatic rings. The molecule has 8 heteroatoms. The van der Waals surface area contributed by atoms with E-state index in [2.05, 4.69) is 29.7 Å². The van der Waals surface area contributed by atoms with Gasteiger partial charge in [0.1, 0.15) is 17.8 Å². The van der Waals surface area contributed by atoms with Crippen LogP contribution in [-0.4, -0.2) is 57.2 Å². The lowest BCUT2D eigenvalue weighted by Crippen LogP contribution is -2.44. The van der Waals surface area contributed by atoms with E-state index in [1.54, 1.807) is 0 Å². The van der Waals surface area contributed by atoms with Crippen LogP contribution in [-0.2, 0) is 35.0 Å². The number of hydrogen-bond donors (Lipinski definition) is 2. The Labute approximate surface area is 256 Å². The maximum atomic E-state index is 13.1. The third-order valence-electron chi connectivity index (χ3n) is 8.68. The zero-order valence-electron chi connectivity index (χ0n) is 25.0. The van der Waals surface area contributed by atoms with Crippen LogP contribution in [0.1, 0.15) is 87.3 Å². The van der Waals surface area contributed by atoms with Crippen LogP contribution in [0.5, 0.6) is 0 Å². The van der Waals surface area contributed by atoms with Crippen molar-refractivity contribution in [1.82, 2.24) is 10.6 Å². The van der Waals surface area contributed by atoms with Crippen molar-refractivity contribution in [3.05, 3.63) is 71.3 Å². The quantitative estimate of drug-likeness (QED) is 0.149. The second-order valence-electron chi connectivity index (χ2n) is 11.5. The van der Waals surface area contributed by atoms with Gasteiger partial charge in [-0.3, -0.25) is 4.79 Å². The molecule has 42 heavy (non-hydrogen) atoms. The topological polar surface area (TPSA) is 85.9 Å². The molecule has 2 saturated heterocycles. The number of hydrogen-bond acceptors (Lipinski definition) is 7. The molecular formula is C34H47ClN2O5. The van der Waals surface area contributed by atoms with E-state index < -0.39 is 11.2 Å². The van der Waals surface area contributed by atoms with E-state index >= 15 is 0 Å². The van der Waals surface area contributed by atoms with Crippen LogP contribution in [0.25, 0.3) is 0 Å². The first-order chi connectivity index (χ1) is 20.5. The van der Waals surface area contributed by atoms with E-state index in [-0.39, 0.29) is 24.5 Å². The Balaban J connectivity index is 1.42. The highest BCUT2D eigenvalue weighted by atomic mass is 35.5. The van der Waals surface area contributed by atoms with Crippen LogP contribution in [0, 0.1) is 0 Å². The van der Waals surface area contributed by atoms with Gasteiger partial charge in [0.15, 0.2) is 0 Å². The average molecular weight is 599 g/mol. The molecule has 0 aromatic heterocycles. The van der Waals surface area contributed by atoms with Crippen LogP contribution >= 0.6 is 11.6 Å². The van der Waals surface area contributed by atoms with Crippen molar-refractivity contribution in [3.63, 3.8) is 0 Å². The normalized spacial score (nSPS) is 18.6. The smallest absolute Gasteiger partial charge is 0.332 e. The minimum absolute atomic E-state index is 0.0464. The number of nitrogens with one attached hydrogen (secondary N) is 2. The number of benzene rings is 2. The van der Waals surface area contributed by atoms with Gasteiger partial charge >= 0.3 is 11.9 Å². The van der Waals surface area contributed by atoms with Crippen molar-refractivity contribution < 1.29 is 23.8 Å². The number of alkyl halides is 1. The molecule has 0 spiro atoms. The first-order valence-electron chi connectivity index (χ1n) is 15.7. The van der Waals surface area contributed by atoms with Crippen LogP contribution in [0.4, 0.5) is 0 Å². The fraction of sp³-hybridized carbons (Fsp3) is 0.588. The average Bonchev–Trinajstić information content (AvgIpc) is 3.03. The summed E-state index contributed by atoms with van der Waals surface area (Å²) < 4.78 is 18.5. The van der Waals surface area contributed by atoms with Crippen molar-refractivity contribution in [1.29, 1.82) is 0 Å². The summed E-state index contributed by atoms with van der Waals surface area (Å²) in [7, 11) is 0. The van der Waals surface area contributed by atoms with E-state index in [0.717, 1.165) is 94.2 Å². The maximum Gasteiger partial charge on any atom is 0.332 e. The molecule has 2 fully saturated rings. The second kappa shape index (κ2) is 16.4. The molecule has 1 atom stereocenters. The molecule has 2 aliphatic rings. The molecule has 0 saturated carbocycles. The minimum Gasteiger partial charge on any atom is -0.454 e. The van der Waals surface area contributed by atoms with Gasteiger partial charge in [-0.05, 0) is 62.1 Å². The van der Waals surface area contributed by atoms with Crippen molar-refractivity contribution in [3.8, 4) is 0 Å². The van der Waals surface area contributed by atoms with Gasteiger partial charge in [-0.1, -0.05) is 67.9 Å². The first-order valence-corrected chi connectivity index (χ1v) is 16.2. The SMILES string of the molecule is CCC(COCC(=O)OC1(c2ccccc2)CCNCC1)c1ccccc1C1(OC(=O)CCCCCCl)CCNCC1. The van der Waals surface area contributed by atoms with Gasteiger partial charge in [0.05, 0.1) is 6.61 Å². The number of rotatable bonds is 15. The van der Waals surface area contributed by atoms with Gasteiger partial charge in [0.2, 0.25) is 0 Å². The van der Waals surface area contributed by atoms with Gasteiger partial charge in [0.25, 0.3) is 0 Å². The molecule has 2 N–H and O–H groups in total. The summed E-state index contributed by atoms with van der Waals surface area (Å²) in [6, 6.07) is 18.3. The summed E-state index contributed by atoms with van der Waals surface area (Å²) in [5.41, 5.74) is 1.90. The molecule has 2 aliphatic heterocycles. The van der Waals surface area contributed by atoms with Crippen LogP contribution in [0.3, 0.4) is 0 Å². The lowest BCUT2D eigenvalue weighted by atomic mass is 9.78. The van der Waals surface area contributed by atoms with E-state index in [1.165, 1.54) is 0 Å². The monoisotopic (exact) mass is 598 g/mol. The molecule has 230 valence electrons. The number of esters is 2. The van der Waals surface area contributed by atoms with E-state index in [0.29, 0.717) is 18.9 Å². The number of ether oxygens (including phenoxy) is 3. The summed E-state index contributed by atoms with van der Waals surface area (Å²) in [5, 5.41) is 6.78. The van der Waals surface area contributed by atoms with Crippen LogP contribution < -0.4 is 10.6 Å². The zero-order chi connectivity index (χ0) is 29.7. The van der Waals surface area contributed by atoms with Gasteiger partial charge in [-0.2, -0.15) is 0 Å². The minimum atomic E-state index is -0.672. The molecule has 1 unspecified atom stereocenters. The molecule has 4 rings (SSSR count). The predicted molar refractivity (Wildman–Crippen MR) is 166 cm³/mol. The summed E-state index contributed by atoms with van der Waals surface area (Å²) in [6.07, 6.45) is 6.74. The van der Waals surface area contributed by atoms with Crippen LogP contribution in [0.15, 0.2) is 54.6 Å². The van der Waals surface area contributed by atoms with Gasteiger partial charge < -0.3 is 24.8 Å². The fourth-order valence-corrected chi connectivity index (χ4v) is 6.51. The number of unbranched alkanes of at least 4 members (excludes halogenated alkanes) is 2. The van der Waals surface area contributed by atoms with Crippen molar-refractivity contribution >= 4 is 23.5 Å². The Morgan fingerprint density at radius 1 is 0.810 bits per heavy atom. The second-order valence-corrected chi connectivity index (χ2v) is 11.9. The Hall–Kier alpha value is -2.45. The molecule has 0 aliphatic carbocycles. The number of carbonyl (C=O) groups is 2. The molecule has 0 radical (unpaired) electrons. The van der Waals surface area contributed by atoms with Gasteiger partial charge in [0, 0.05) is 43.9 Å². The third kappa shape index (κ3) is 8.56. The molecule has 2 aromatic carbocycles. The Morgan fingerprint density at radius 3 is 2.10 bits per heavy atom. The molecule has 7 nitrogen and oxygen atoms in total. The van der Waals surface area contributed by atoms with Crippen molar-refractivity contribution in [2.75, 3.05) is 45.3 Å². The highest BCUT2D eigenvalue weighted by molar-refractivity contribution is 6.17.